The third kappa shape index (κ3) is 6.17. The average Bonchev–Trinajstić information content (AvgIpc) is 2.55. The summed E-state index contributed by atoms with van der Waals surface area (Å²) in [6.45, 7) is -2.68. The minimum atomic E-state index is -2.86. The largest absolute Gasteiger partial charge is 0.483 e. The fourth-order valence-electron chi connectivity index (χ4n) is 1.98. The quantitative estimate of drug-likeness (QED) is 0.632. The van der Waals surface area contributed by atoms with E-state index in [-0.39, 0.29) is 18.3 Å². The summed E-state index contributed by atoms with van der Waals surface area (Å²) in [5.41, 5.74) is 0.783. The first kappa shape index (κ1) is 19.5. The van der Waals surface area contributed by atoms with Gasteiger partial charge in [0.25, 0.3) is 5.91 Å². The Morgan fingerprint density at radius 1 is 1.24 bits per heavy atom. The summed E-state index contributed by atoms with van der Waals surface area (Å²) in [4.78, 5) is 13.6. The molecule has 25 heavy (non-hydrogen) atoms. The van der Waals surface area contributed by atoms with Crippen LogP contribution in [0.2, 0.25) is 5.02 Å². The molecule has 0 heterocycles. The van der Waals surface area contributed by atoms with E-state index < -0.39 is 6.61 Å². The fourth-order valence-corrected chi connectivity index (χ4v) is 2.78. The van der Waals surface area contributed by atoms with Crippen molar-refractivity contribution in [1.29, 1.82) is 0 Å². The van der Waals surface area contributed by atoms with Crippen LogP contribution in [0.25, 0.3) is 0 Å². The van der Waals surface area contributed by atoms with Gasteiger partial charge in [0.2, 0.25) is 0 Å². The predicted octanol–water partition coefficient (Wildman–Crippen LogP) is 4.74. The molecule has 0 saturated heterocycles. The van der Waals surface area contributed by atoms with Gasteiger partial charge in [-0.05, 0) is 51.8 Å². The lowest BCUT2D eigenvalue weighted by molar-refractivity contribution is -0.132. The molecule has 134 valence electrons. The number of likely N-dealkylation sites (N-methyl/N-ethyl adjacent to an activating group) is 1. The molecule has 2 aromatic carbocycles. The lowest BCUT2D eigenvalue weighted by atomic mass is 10.2. The Hall–Kier alpha value is -1.86. The number of hydrogen-bond acceptors (Lipinski definition) is 3. The summed E-state index contributed by atoms with van der Waals surface area (Å²) >= 11 is 9.16. The van der Waals surface area contributed by atoms with Crippen molar-refractivity contribution in [2.75, 3.05) is 13.7 Å². The number of ether oxygens (including phenoxy) is 2. The summed E-state index contributed by atoms with van der Waals surface area (Å²) < 4.78 is 34.6. The highest BCUT2D eigenvalue weighted by Gasteiger charge is 2.12. The Labute approximate surface area is 157 Å². The molecule has 2 aromatic rings. The minimum absolute atomic E-state index is 0.0728. The summed E-state index contributed by atoms with van der Waals surface area (Å²) in [6.07, 6.45) is 0. The lowest BCUT2D eigenvalue weighted by Gasteiger charge is -2.18. The van der Waals surface area contributed by atoms with Gasteiger partial charge in [-0.1, -0.05) is 23.7 Å². The van der Waals surface area contributed by atoms with Crippen LogP contribution in [-0.4, -0.2) is 31.1 Å². The van der Waals surface area contributed by atoms with Gasteiger partial charge < -0.3 is 14.4 Å². The molecular formula is C17H15BrClF2NO3. The first-order chi connectivity index (χ1) is 11.8. The molecule has 0 fully saturated rings. The zero-order valence-corrected chi connectivity index (χ0v) is 15.6. The Bertz CT molecular complexity index is 728. The van der Waals surface area contributed by atoms with Gasteiger partial charge in [0.1, 0.15) is 11.5 Å². The highest BCUT2D eigenvalue weighted by atomic mass is 79.9. The SMILES string of the molecule is CN(Cc1ccc(OC(F)F)cc1)C(=O)COc1ccc(Cl)cc1Br. The zero-order chi connectivity index (χ0) is 18.4. The molecule has 2 rings (SSSR count). The van der Waals surface area contributed by atoms with Crippen molar-refractivity contribution < 1.29 is 23.0 Å². The number of rotatable bonds is 7. The van der Waals surface area contributed by atoms with E-state index in [4.69, 9.17) is 16.3 Å². The summed E-state index contributed by atoms with van der Waals surface area (Å²) in [7, 11) is 1.63. The van der Waals surface area contributed by atoms with E-state index in [1.165, 1.54) is 17.0 Å². The predicted molar refractivity (Wildman–Crippen MR) is 94.2 cm³/mol. The van der Waals surface area contributed by atoms with Gasteiger partial charge in [0, 0.05) is 18.6 Å². The minimum Gasteiger partial charge on any atom is -0.483 e. The van der Waals surface area contributed by atoms with Crippen molar-refractivity contribution in [3.05, 3.63) is 57.5 Å². The van der Waals surface area contributed by atoms with Crippen LogP contribution in [0.15, 0.2) is 46.9 Å². The van der Waals surface area contributed by atoms with Crippen LogP contribution >= 0.6 is 27.5 Å². The number of nitrogens with zero attached hydrogens (tertiary/aromatic N) is 1. The number of amides is 1. The highest BCUT2D eigenvalue weighted by Crippen LogP contribution is 2.28. The number of hydrogen-bond donors (Lipinski definition) is 0. The Morgan fingerprint density at radius 3 is 2.52 bits per heavy atom. The van der Waals surface area contributed by atoms with E-state index >= 15 is 0 Å². The molecule has 0 aliphatic rings. The van der Waals surface area contributed by atoms with E-state index in [2.05, 4.69) is 20.7 Å². The molecule has 0 unspecified atom stereocenters. The van der Waals surface area contributed by atoms with Crippen LogP contribution in [0.3, 0.4) is 0 Å². The van der Waals surface area contributed by atoms with Gasteiger partial charge in [0.15, 0.2) is 6.61 Å². The van der Waals surface area contributed by atoms with Crippen molar-refractivity contribution in [2.45, 2.75) is 13.2 Å². The second kappa shape index (κ2) is 9.01. The number of benzene rings is 2. The van der Waals surface area contributed by atoms with Crippen LogP contribution < -0.4 is 9.47 Å². The first-order valence-electron chi connectivity index (χ1n) is 7.20. The van der Waals surface area contributed by atoms with Gasteiger partial charge in [0.05, 0.1) is 4.47 Å². The van der Waals surface area contributed by atoms with E-state index in [0.717, 1.165) is 5.56 Å². The molecule has 0 N–H and O–H groups in total. The molecule has 0 aliphatic heterocycles. The third-order valence-corrected chi connectivity index (χ3v) is 4.09. The molecule has 0 radical (unpaired) electrons. The molecule has 0 aromatic heterocycles. The van der Waals surface area contributed by atoms with E-state index in [9.17, 15) is 13.6 Å². The molecule has 0 saturated carbocycles. The van der Waals surface area contributed by atoms with E-state index in [0.29, 0.717) is 21.8 Å². The van der Waals surface area contributed by atoms with Crippen molar-refractivity contribution in [1.82, 2.24) is 4.90 Å². The number of halogens is 4. The maximum Gasteiger partial charge on any atom is 0.387 e. The van der Waals surface area contributed by atoms with Crippen LogP contribution in [0.4, 0.5) is 8.78 Å². The number of alkyl halides is 2. The zero-order valence-electron chi connectivity index (χ0n) is 13.2. The summed E-state index contributed by atoms with van der Waals surface area (Å²) in [5, 5.41) is 0.557. The Morgan fingerprint density at radius 2 is 1.92 bits per heavy atom. The smallest absolute Gasteiger partial charge is 0.387 e. The number of carbonyl (C=O) groups excluding carboxylic acids is 1. The summed E-state index contributed by atoms with van der Waals surface area (Å²) in [6, 6.07) is 11.1. The fraction of sp³-hybridized carbons (Fsp3) is 0.235. The maximum absolute atomic E-state index is 12.1. The van der Waals surface area contributed by atoms with Crippen LogP contribution in [0, 0.1) is 0 Å². The molecule has 8 heteroatoms. The molecule has 0 spiro atoms. The van der Waals surface area contributed by atoms with Crippen LogP contribution in [0.5, 0.6) is 11.5 Å². The molecule has 4 nitrogen and oxygen atoms in total. The maximum atomic E-state index is 12.1. The second-order valence-corrected chi connectivity index (χ2v) is 6.43. The Kier molecular flexibility index (Phi) is 7.01. The average molecular weight is 435 g/mol. The van der Waals surface area contributed by atoms with Crippen LogP contribution in [0.1, 0.15) is 5.56 Å². The topological polar surface area (TPSA) is 38.8 Å². The second-order valence-electron chi connectivity index (χ2n) is 5.14. The van der Waals surface area contributed by atoms with E-state index in [1.54, 1.807) is 37.4 Å². The van der Waals surface area contributed by atoms with Gasteiger partial charge in [-0.3, -0.25) is 4.79 Å². The molecule has 1 amide bonds. The molecule has 0 bridgehead atoms. The highest BCUT2D eigenvalue weighted by molar-refractivity contribution is 9.10. The van der Waals surface area contributed by atoms with E-state index in [1.807, 2.05) is 0 Å². The Balaban J connectivity index is 1.87. The number of carbonyl (C=O) groups is 1. The monoisotopic (exact) mass is 433 g/mol. The standard InChI is InChI=1S/C17H15BrClF2NO3/c1-22(9-11-2-5-13(6-3-11)25-17(20)21)16(23)10-24-15-7-4-12(19)8-14(15)18/h2-8,17H,9-10H2,1H3. The lowest BCUT2D eigenvalue weighted by Crippen LogP contribution is -2.31. The normalized spacial score (nSPS) is 10.6. The molecule has 0 aliphatic carbocycles. The molecule has 0 atom stereocenters. The van der Waals surface area contributed by atoms with Gasteiger partial charge in [-0.2, -0.15) is 8.78 Å². The van der Waals surface area contributed by atoms with Crippen molar-refractivity contribution in [3.63, 3.8) is 0 Å². The van der Waals surface area contributed by atoms with Gasteiger partial charge >= 0.3 is 6.61 Å². The molecular weight excluding hydrogens is 420 g/mol. The van der Waals surface area contributed by atoms with Gasteiger partial charge in [-0.25, -0.2) is 0 Å². The third-order valence-electron chi connectivity index (χ3n) is 3.24. The van der Waals surface area contributed by atoms with Crippen molar-refractivity contribution in [2.24, 2.45) is 0 Å². The van der Waals surface area contributed by atoms with Crippen LogP contribution in [-0.2, 0) is 11.3 Å². The van der Waals surface area contributed by atoms with Crippen molar-refractivity contribution in [3.8, 4) is 11.5 Å². The van der Waals surface area contributed by atoms with Crippen molar-refractivity contribution >= 4 is 33.4 Å². The first-order valence-corrected chi connectivity index (χ1v) is 8.38. The summed E-state index contributed by atoms with van der Waals surface area (Å²) in [5.74, 6) is 0.359. The van der Waals surface area contributed by atoms with Gasteiger partial charge in [-0.15, -0.1) is 0 Å².